The molecule has 4 heteroatoms. The van der Waals surface area contributed by atoms with Crippen LogP contribution in [-0.2, 0) is 9.53 Å². The molecular weight excluding hydrogens is 170 g/mol. The normalized spacial score (nSPS) is 35.4. The third-order valence-corrected chi connectivity index (χ3v) is 3.08. The molecule has 2 aliphatic rings. The van der Waals surface area contributed by atoms with Crippen LogP contribution < -0.4 is 0 Å². The summed E-state index contributed by atoms with van der Waals surface area (Å²) >= 11 is 0. The fourth-order valence-electron chi connectivity index (χ4n) is 2.08. The topological polar surface area (TPSA) is 49.8 Å². The monoisotopic (exact) mass is 185 g/mol. The van der Waals surface area contributed by atoms with Crippen molar-refractivity contribution in [2.24, 2.45) is 0 Å². The molecule has 0 aromatic heterocycles. The molecule has 1 N–H and O–H groups in total. The Morgan fingerprint density at radius 3 is 2.54 bits per heavy atom. The second-order valence-corrected chi connectivity index (χ2v) is 3.83. The molecule has 1 unspecified atom stereocenters. The van der Waals surface area contributed by atoms with Crippen LogP contribution in [0.2, 0.25) is 0 Å². The zero-order valence-electron chi connectivity index (χ0n) is 7.66. The van der Waals surface area contributed by atoms with E-state index in [9.17, 15) is 9.90 Å². The lowest BCUT2D eigenvalue weighted by atomic mass is 9.88. The SMILES string of the molecule is O=C(O)C1(N2CCC2)CCCOC1. The molecule has 0 spiro atoms. The fourth-order valence-corrected chi connectivity index (χ4v) is 2.08. The van der Waals surface area contributed by atoms with E-state index in [1.807, 2.05) is 4.90 Å². The number of aliphatic carboxylic acids is 1. The minimum Gasteiger partial charge on any atom is -0.480 e. The second-order valence-electron chi connectivity index (χ2n) is 3.83. The van der Waals surface area contributed by atoms with E-state index in [0.717, 1.165) is 32.4 Å². The van der Waals surface area contributed by atoms with Crippen LogP contribution in [0.4, 0.5) is 0 Å². The van der Waals surface area contributed by atoms with Gasteiger partial charge in [-0.2, -0.15) is 0 Å². The first-order chi connectivity index (χ1) is 6.26. The largest absolute Gasteiger partial charge is 0.480 e. The van der Waals surface area contributed by atoms with Gasteiger partial charge in [0.1, 0.15) is 5.54 Å². The molecule has 0 radical (unpaired) electrons. The predicted molar refractivity (Wildman–Crippen MR) is 46.6 cm³/mol. The summed E-state index contributed by atoms with van der Waals surface area (Å²) < 4.78 is 5.28. The van der Waals surface area contributed by atoms with Crippen molar-refractivity contribution in [3.8, 4) is 0 Å². The standard InChI is InChI=1S/C9H15NO3/c11-8(12)9(10-4-2-5-10)3-1-6-13-7-9/h1-7H2,(H,11,12). The molecule has 0 aromatic carbocycles. The van der Waals surface area contributed by atoms with E-state index >= 15 is 0 Å². The molecule has 0 bridgehead atoms. The van der Waals surface area contributed by atoms with Crippen molar-refractivity contribution < 1.29 is 14.6 Å². The van der Waals surface area contributed by atoms with Crippen LogP contribution in [0.3, 0.4) is 0 Å². The fraction of sp³-hybridized carbons (Fsp3) is 0.889. The number of carboxylic acids is 1. The highest BCUT2D eigenvalue weighted by atomic mass is 16.5. The van der Waals surface area contributed by atoms with Crippen molar-refractivity contribution in [1.29, 1.82) is 0 Å². The van der Waals surface area contributed by atoms with Gasteiger partial charge in [-0.15, -0.1) is 0 Å². The maximum Gasteiger partial charge on any atom is 0.326 e. The Kier molecular flexibility index (Phi) is 2.26. The molecule has 0 aromatic rings. The van der Waals surface area contributed by atoms with E-state index in [1.54, 1.807) is 0 Å². The number of carbonyl (C=O) groups is 1. The highest BCUT2D eigenvalue weighted by molar-refractivity contribution is 5.79. The first-order valence-electron chi connectivity index (χ1n) is 4.82. The molecule has 2 heterocycles. The molecule has 2 aliphatic heterocycles. The lowest BCUT2D eigenvalue weighted by molar-refractivity contribution is -0.166. The maximum absolute atomic E-state index is 11.2. The van der Waals surface area contributed by atoms with Crippen LogP contribution >= 0.6 is 0 Å². The summed E-state index contributed by atoms with van der Waals surface area (Å²) in [4.78, 5) is 13.2. The molecule has 2 fully saturated rings. The van der Waals surface area contributed by atoms with Crippen molar-refractivity contribution in [2.75, 3.05) is 26.3 Å². The molecule has 13 heavy (non-hydrogen) atoms. The zero-order valence-corrected chi connectivity index (χ0v) is 7.66. The maximum atomic E-state index is 11.2. The minimum atomic E-state index is -0.716. The Hall–Kier alpha value is -0.610. The van der Waals surface area contributed by atoms with E-state index < -0.39 is 11.5 Å². The summed E-state index contributed by atoms with van der Waals surface area (Å²) in [5.74, 6) is -0.716. The Morgan fingerprint density at radius 2 is 2.15 bits per heavy atom. The van der Waals surface area contributed by atoms with Crippen LogP contribution in [0.15, 0.2) is 0 Å². The molecule has 2 rings (SSSR count). The van der Waals surface area contributed by atoms with Crippen LogP contribution in [0.25, 0.3) is 0 Å². The average molecular weight is 185 g/mol. The summed E-state index contributed by atoms with van der Waals surface area (Å²) in [7, 11) is 0. The third-order valence-electron chi connectivity index (χ3n) is 3.08. The van der Waals surface area contributed by atoms with Gasteiger partial charge in [0, 0.05) is 19.7 Å². The van der Waals surface area contributed by atoms with Gasteiger partial charge in [0.15, 0.2) is 0 Å². The Labute approximate surface area is 77.5 Å². The lowest BCUT2D eigenvalue weighted by Gasteiger charge is -2.47. The number of carboxylic acid groups (broad SMARTS) is 1. The Balaban J connectivity index is 2.12. The quantitative estimate of drug-likeness (QED) is 0.673. The zero-order chi connectivity index (χ0) is 9.31. The predicted octanol–water partition coefficient (Wildman–Crippen LogP) is 0.326. The molecule has 1 atom stereocenters. The lowest BCUT2D eigenvalue weighted by Crippen LogP contribution is -2.63. The van der Waals surface area contributed by atoms with Gasteiger partial charge in [0.2, 0.25) is 0 Å². The minimum absolute atomic E-state index is 0.363. The van der Waals surface area contributed by atoms with Crippen LogP contribution in [-0.4, -0.2) is 47.8 Å². The van der Waals surface area contributed by atoms with E-state index in [0.29, 0.717) is 13.2 Å². The molecule has 2 saturated heterocycles. The summed E-state index contributed by atoms with van der Waals surface area (Å²) in [5.41, 5.74) is -0.698. The smallest absolute Gasteiger partial charge is 0.326 e. The van der Waals surface area contributed by atoms with Crippen molar-refractivity contribution in [3.05, 3.63) is 0 Å². The van der Waals surface area contributed by atoms with Crippen molar-refractivity contribution in [3.63, 3.8) is 0 Å². The van der Waals surface area contributed by atoms with Crippen molar-refractivity contribution in [1.82, 2.24) is 4.90 Å². The highest BCUT2D eigenvalue weighted by Gasteiger charge is 2.47. The van der Waals surface area contributed by atoms with Gasteiger partial charge in [-0.25, -0.2) is 0 Å². The second kappa shape index (κ2) is 3.27. The number of ether oxygens (including phenoxy) is 1. The molecule has 0 aliphatic carbocycles. The van der Waals surface area contributed by atoms with Crippen LogP contribution in [0, 0.1) is 0 Å². The van der Waals surface area contributed by atoms with Gasteiger partial charge in [0.05, 0.1) is 6.61 Å². The summed E-state index contributed by atoms with van der Waals surface area (Å²) in [6.45, 7) is 2.90. The molecule has 74 valence electrons. The van der Waals surface area contributed by atoms with Crippen molar-refractivity contribution in [2.45, 2.75) is 24.8 Å². The number of hydrogen-bond donors (Lipinski definition) is 1. The van der Waals surface area contributed by atoms with Crippen LogP contribution in [0.5, 0.6) is 0 Å². The molecular formula is C9H15NO3. The third kappa shape index (κ3) is 1.34. The van der Waals surface area contributed by atoms with Gasteiger partial charge < -0.3 is 9.84 Å². The first-order valence-corrected chi connectivity index (χ1v) is 4.82. The van der Waals surface area contributed by atoms with Crippen molar-refractivity contribution >= 4 is 5.97 Å². The summed E-state index contributed by atoms with van der Waals surface area (Å²) in [5, 5.41) is 9.20. The van der Waals surface area contributed by atoms with E-state index in [1.165, 1.54) is 0 Å². The molecule has 0 amide bonds. The van der Waals surface area contributed by atoms with Crippen LogP contribution in [0.1, 0.15) is 19.3 Å². The van der Waals surface area contributed by atoms with Gasteiger partial charge in [-0.1, -0.05) is 0 Å². The van der Waals surface area contributed by atoms with E-state index in [-0.39, 0.29) is 0 Å². The summed E-state index contributed by atoms with van der Waals surface area (Å²) in [6, 6.07) is 0. The van der Waals surface area contributed by atoms with Gasteiger partial charge in [0.25, 0.3) is 0 Å². The highest BCUT2D eigenvalue weighted by Crippen LogP contribution is 2.30. The number of rotatable bonds is 2. The van der Waals surface area contributed by atoms with Gasteiger partial charge in [-0.3, -0.25) is 9.69 Å². The van der Waals surface area contributed by atoms with E-state index in [4.69, 9.17) is 4.74 Å². The van der Waals surface area contributed by atoms with Gasteiger partial charge >= 0.3 is 5.97 Å². The molecule has 0 saturated carbocycles. The Bertz CT molecular complexity index is 207. The average Bonchev–Trinajstić information content (AvgIpc) is 2.02. The number of likely N-dealkylation sites (tertiary alicyclic amines) is 1. The Morgan fingerprint density at radius 1 is 1.38 bits per heavy atom. The molecule has 4 nitrogen and oxygen atoms in total. The van der Waals surface area contributed by atoms with Gasteiger partial charge in [-0.05, 0) is 19.3 Å². The van der Waals surface area contributed by atoms with E-state index in [2.05, 4.69) is 0 Å². The summed E-state index contributed by atoms with van der Waals surface area (Å²) in [6.07, 6.45) is 2.72. The number of nitrogens with zero attached hydrogens (tertiary/aromatic N) is 1. The number of hydrogen-bond acceptors (Lipinski definition) is 3. The first kappa shape index (κ1) is 8.97.